The second-order valence-corrected chi connectivity index (χ2v) is 12.2. The smallest absolute Gasteiger partial charge is 0.259 e. The van der Waals surface area contributed by atoms with Crippen LogP contribution in [0.15, 0.2) is 35.6 Å². The van der Waals surface area contributed by atoms with Gasteiger partial charge in [-0.2, -0.15) is 0 Å². The van der Waals surface area contributed by atoms with Crippen molar-refractivity contribution in [1.82, 2.24) is 10.6 Å². The number of hydrogen-bond acceptors (Lipinski definition) is 6. The second kappa shape index (κ2) is 9.38. The zero-order chi connectivity index (χ0) is 26.0. The van der Waals surface area contributed by atoms with Crippen molar-refractivity contribution in [1.29, 1.82) is 0 Å². The molecular formula is C29H38N2O6. The molecular weight excluding hydrogens is 472 g/mol. The molecule has 3 heterocycles. The van der Waals surface area contributed by atoms with Crippen molar-refractivity contribution >= 4 is 17.6 Å². The molecule has 3 aliphatic heterocycles. The molecule has 4 N–H and O–H groups in total. The van der Waals surface area contributed by atoms with Crippen LogP contribution in [0.25, 0.3) is 0 Å². The van der Waals surface area contributed by atoms with Crippen LogP contribution in [0.2, 0.25) is 0 Å². The monoisotopic (exact) mass is 510 g/mol. The van der Waals surface area contributed by atoms with Crippen molar-refractivity contribution in [3.05, 3.63) is 35.6 Å². The van der Waals surface area contributed by atoms with Crippen molar-refractivity contribution in [2.75, 3.05) is 6.54 Å². The molecule has 0 aromatic rings. The Balaban J connectivity index is 1.32. The van der Waals surface area contributed by atoms with Crippen LogP contribution < -0.4 is 10.6 Å². The Morgan fingerprint density at radius 3 is 2.59 bits per heavy atom. The van der Waals surface area contributed by atoms with E-state index >= 15 is 0 Å². The molecule has 6 rings (SSSR count). The quantitative estimate of drug-likeness (QED) is 0.316. The number of ether oxygens (including phenoxy) is 1. The topological polar surface area (TPSA) is 128 Å². The highest BCUT2D eigenvalue weighted by atomic mass is 16.6. The van der Waals surface area contributed by atoms with Gasteiger partial charge in [0.15, 0.2) is 5.78 Å². The average molecular weight is 511 g/mol. The summed E-state index contributed by atoms with van der Waals surface area (Å²) in [6, 6.07) is -0.674. The van der Waals surface area contributed by atoms with Gasteiger partial charge in [-0.05, 0) is 98.5 Å². The first kappa shape index (κ1) is 24.9. The van der Waals surface area contributed by atoms with Gasteiger partial charge in [0.25, 0.3) is 5.91 Å². The number of epoxide rings is 1. The number of amides is 2. The molecule has 2 bridgehead atoms. The molecule has 12 atom stereocenters. The summed E-state index contributed by atoms with van der Waals surface area (Å²) in [6.45, 7) is 4.57. The number of aliphatic hydroxyl groups is 2. The summed E-state index contributed by atoms with van der Waals surface area (Å²) < 4.78 is 6.34. The van der Waals surface area contributed by atoms with Gasteiger partial charge in [0.05, 0.1) is 24.4 Å². The van der Waals surface area contributed by atoms with Crippen LogP contribution in [0, 0.1) is 47.3 Å². The highest BCUT2D eigenvalue weighted by Crippen LogP contribution is 2.66. The van der Waals surface area contributed by atoms with Gasteiger partial charge < -0.3 is 25.6 Å². The van der Waals surface area contributed by atoms with Gasteiger partial charge in [0, 0.05) is 6.54 Å². The summed E-state index contributed by atoms with van der Waals surface area (Å²) in [5.41, 5.74) is -0.167. The van der Waals surface area contributed by atoms with E-state index in [1.807, 2.05) is 19.1 Å². The fourth-order valence-corrected chi connectivity index (χ4v) is 8.87. The maximum Gasteiger partial charge on any atom is 0.259 e. The van der Waals surface area contributed by atoms with E-state index in [1.54, 1.807) is 12.2 Å². The first-order valence-electron chi connectivity index (χ1n) is 14.0. The van der Waals surface area contributed by atoms with Crippen molar-refractivity contribution in [2.45, 2.75) is 70.3 Å². The first-order valence-corrected chi connectivity index (χ1v) is 14.0. The summed E-state index contributed by atoms with van der Waals surface area (Å²) >= 11 is 0. The van der Waals surface area contributed by atoms with E-state index in [0.717, 1.165) is 19.3 Å². The van der Waals surface area contributed by atoms with Crippen LogP contribution in [0.4, 0.5) is 0 Å². The number of nitrogens with one attached hydrogen (secondary N) is 2. The Kier molecular flexibility index (Phi) is 6.30. The lowest BCUT2D eigenvalue weighted by atomic mass is 9.65. The zero-order valence-corrected chi connectivity index (χ0v) is 21.5. The molecule has 8 heteroatoms. The second-order valence-electron chi connectivity index (χ2n) is 12.2. The number of fused-ring (bicyclic) bond motifs is 10. The van der Waals surface area contributed by atoms with Crippen LogP contribution in [-0.2, 0) is 19.1 Å². The van der Waals surface area contributed by atoms with Crippen LogP contribution in [0.5, 0.6) is 0 Å². The SMILES string of the molecule is CC(O)C1C(C)CC2C3CC4C=CC(O)=C5C(=O)NC(CCCNC(=O)C=CCC4C3C3OC3C21)C5=O. The largest absolute Gasteiger partial charge is 0.507 e. The minimum absolute atomic E-state index is 0.123. The fourth-order valence-electron chi connectivity index (χ4n) is 8.87. The standard InChI is InChI=1S/C29H38N2O6/c1-13-11-17-18-12-15-8-9-20(33)25-26(35)19(31-29(25)36)6-4-10-30-21(34)7-3-5-16(15)23(18)27-28(37-27)24(17)22(13)14(2)32/h3,7-9,13-19,22-24,27-28,32-33H,4-6,10-12H2,1-2H3,(H,30,34)(H,31,36). The van der Waals surface area contributed by atoms with Crippen molar-refractivity contribution in [3.8, 4) is 0 Å². The van der Waals surface area contributed by atoms with E-state index in [1.165, 1.54) is 0 Å². The molecule has 37 heavy (non-hydrogen) atoms. The molecule has 2 saturated heterocycles. The van der Waals surface area contributed by atoms with E-state index in [2.05, 4.69) is 17.6 Å². The third-order valence-electron chi connectivity index (χ3n) is 10.2. The fraction of sp³-hybridized carbons (Fsp3) is 0.690. The minimum Gasteiger partial charge on any atom is -0.507 e. The zero-order valence-electron chi connectivity index (χ0n) is 21.5. The predicted molar refractivity (Wildman–Crippen MR) is 135 cm³/mol. The highest BCUT2D eigenvalue weighted by Gasteiger charge is 2.68. The van der Waals surface area contributed by atoms with Gasteiger partial charge in [-0.15, -0.1) is 0 Å². The molecule has 5 fully saturated rings. The number of hydrogen-bond donors (Lipinski definition) is 4. The van der Waals surface area contributed by atoms with Gasteiger partial charge in [0.1, 0.15) is 11.3 Å². The summed E-state index contributed by atoms with van der Waals surface area (Å²) in [6.07, 6.45) is 10.8. The van der Waals surface area contributed by atoms with Crippen LogP contribution in [-0.4, -0.2) is 58.7 Å². The number of rotatable bonds is 1. The number of carbonyl (C=O) groups is 3. The van der Waals surface area contributed by atoms with Crippen LogP contribution in [0.3, 0.4) is 0 Å². The average Bonchev–Trinajstić information content (AvgIpc) is 3.30. The summed E-state index contributed by atoms with van der Waals surface area (Å²) in [7, 11) is 0. The molecule has 3 saturated carbocycles. The van der Waals surface area contributed by atoms with Gasteiger partial charge in [-0.1, -0.05) is 19.1 Å². The van der Waals surface area contributed by atoms with Gasteiger partial charge in [0.2, 0.25) is 5.91 Å². The summed E-state index contributed by atoms with van der Waals surface area (Å²) in [4.78, 5) is 37.7. The van der Waals surface area contributed by atoms with Crippen molar-refractivity contribution < 1.29 is 29.3 Å². The Morgan fingerprint density at radius 2 is 1.81 bits per heavy atom. The lowest BCUT2D eigenvalue weighted by molar-refractivity contribution is -0.118. The molecule has 6 aliphatic rings. The maximum atomic E-state index is 12.8. The van der Waals surface area contributed by atoms with Crippen LogP contribution in [0.1, 0.15) is 46.0 Å². The molecule has 8 nitrogen and oxygen atoms in total. The maximum absolute atomic E-state index is 12.8. The minimum atomic E-state index is -0.674. The van der Waals surface area contributed by atoms with E-state index in [9.17, 15) is 24.6 Å². The lowest BCUT2D eigenvalue weighted by Gasteiger charge is -2.37. The molecule has 0 spiro atoms. The van der Waals surface area contributed by atoms with Gasteiger partial charge in [-0.25, -0.2) is 0 Å². The lowest BCUT2D eigenvalue weighted by Crippen LogP contribution is -2.41. The molecule has 12 unspecified atom stereocenters. The number of Topliss-reactive ketones (excluding diaryl/α,β-unsaturated/α-hetero) is 1. The normalized spacial score (nSPS) is 46.0. The number of allylic oxidation sites excluding steroid dienone is 3. The third-order valence-corrected chi connectivity index (χ3v) is 10.2. The van der Waals surface area contributed by atoms with Crippen molar-refractivity contribution in [3.63, 3.8) is 0 Å². The molecule has 3 aliphatic carbocycles. The molecule has 200 valence electrons. The van der Waals surface area contributed by atoms with Gasteiger partial charge in [-0.3, -0.25) is 14.4 Å². The Bertz CT molecular complexity index is 1080. The predicted octanol–water partition coefficient (Wildman–Crippen LogP) is 2.20. The van der Waals surface area contributed by atoms with E-state index < -0.39 is 11.9 Å². The molecule has 0 radical (unpaired) electrons. The van der Waals surface area contributed by atoms with Gasteiger partial charge >= 0.3 is 0 Å². The van der Waals surface area contributed by atoms with E-state index in [0.29, 0.717) is 49.0 Å². The number of aliphatic hydroxyl groups excluding tert-OH is 2. The molecule has 2 amide bonds. The number of carbonyl (C=O) groups excluding carboxylic acids is 3. The summed E-state index contributed by atoms with van der Waals surface area (Å²) in [5.74, 6) is 1.36. The Hall–Kier alpha value is -2.45. The first-order chi connectivity index (χ1) is 17.8. The third kappa shape index (κ3) is 4.16. The molecule has 0 aromatic carbocycles. The van der Waals surface area contributed by atoms with E-state index in [-0.39, 0.29) is 59.1 Å². The van der Waals surface area contributed by atoms with Crippen LogP contribution >= 0.6 is 0 Å². The Labute approximate surface area is 217 Å². The summed E-state index contributed by atoms with van der Waals surface area (Å²) in [5, 5.41) is 26.9. The van der Waals surface area contributed by atoms with Crippen molar-refractivity contribution in [2.24, 2.45) is 47.3 Å². The molecule has 0 aromatic heterocycles. The highest BCUT2D eigenvalue weighted by molar-refractivity contribution is 6.27. The Morgan fingerprint density at radius 1 is 1.05 bits per heavy atom. The van der Waals surface area contributed by atoms with E-state index in [4.69, 9.17) is 4.74 Å². The number of ketones is 1.